The lowest BCUT2D eigenvalue weighted by atomic mass is 9.93. The zero-order chi connectivity index (χ0) is 16.4. The van der Waals surface area contributed by atoms with Gasteiger partial charge in [-0.3, -0.25) is 4.79 Å². The van der Waals surface area contributed by atoms with E-state index in [0.29, 0.717) is 18.8 Å². The number of aryl methyl sites for hydroxylation is 1. The highest BCUT2D eigenvalue weighted by atomic mass is 16.3. The lowest BCUT2D eigenvalue weighted by molar-refractivity contribution is -0.132. The molecule has 0 radical (unpaired) electrons. The minimum atomic E-state index is 0.237. The molecule has 1 aromatic carbocycles. The molecule has 1 saturated heterocycles. The Morgan fingerprint density at radius 3 is 2.75 bits per heavy atom. The number of nitrogens with one attached hydrogen (secondary N) is 1. The first-order valence-electron chi connectivity index (χ1n) is 8.67. The van der Waals surface area contributed by atoms with E-state index in [1.165, 1.54) is 16.6 Å². The first-order valence-corrected chi connectivity index (χ1v) is 8.67. The molecule has 0 saturated carbocycles. The van der Waals surface area contributed by atoms with E-state index in [2.05, 4.69) is 35.3 Å². The Morgan fingerprint density at radius 2 is 2.00 bits per heavy atom. The van der Waals surface area contributed by atoms with Crippen molar-refractivity contribution >= 4 is 16.8 Å². The average molecular weight is 322 g/mol. The Balaban J connectivity index is 1.33. The summed E-state index contributed by atoms with van der Waals surface area (Å²) in [6.07, 6.45) is 4.93. The van der Waals surface area contributed by atoms with Gasteiger partial charge in [0.05, 0.1) is 6.26 Å². The molecule has 0 aliphatic carbocycles. The molecule has 124 valence electrons. The number of nitrogens with zero attached hydrogens (tertiary/aromatic N) is 1. The quantitative estimate of drug-likeness (QED) is 0.786. The first-order chi connectivity index (χ1) is 11.8. The summed E-state index contributed by atoms with van der Waals surface area (Å²) in [5.41, 5.74) is 2.50. The summed E-state index contributed by atoms with van der Waals surface area (Å²) in [6, 6.07) is 14.4. The van der Waals surface area contributed by atoms with Gasteiger partial charge in [-0.05, 0) is 42.5 Å². The fraction of sp³-hybridized carbons (Fsp3) is 0.350. The Morgan fingerprint density at radius 1 is 1.17 bits per heavy atom. The molecule has 1 amide bonds. The fourth-order valence-electron chi connectivity index (χ4n) is 3.60. The molecule has 4 rings (SSSR count). The van der Waals surface area contributed by atoms with Crippen LogP contribution in [0.5, 0.6) is 0 Å². The van der Waals surface area contributed by atoms with Crippen LogP contribution in [-0.2, 0) is 11.2 Å². The van der Waals surface area contributed by atoms with E-state index in [-0.39, 0.29) is 5.91 Å². The molecule has 0 spiro atoms. The molecule has 3 aromatic rings. The number of amides is 1. The monoisotopic (exact) mass is 322 g/mol. The molecule has 1 fully saturated rings. The van der Waals surface area contributed by atoms with Crippen molar-refractivity contribution in [2.45, 2.75) is 31.6 Å². The zero-order valence-corrected chi connectivity index (χ0v) is 13.7. The van der Waals surface area contributed by atoms with E-state index in [1.54, 1.807) is 6.26 Å². The number of aromatic nitrogens is 1. The van der Waals surface area contributed by atoms with Crippen molar-refractivity contribution in [2.24, 2.45) is 0 Å². The lowest BCUT2D eigenvalue weighted by Crippen LogP contribution is -2.38. The first kappa shape index (κ1) is 15.1. The predicted molar refractivity (Wildman–Crippen MR) is 93.9 cm³/mol. The highest BCUT2D eigenvalue weighted by Gasteiger charge is 2.24. The second-order valence-electron chi connectivity index (χ2n) is 6.55. The smallest absolute Gasteiger partial charge is 0.223 e. The van der Waals surface area contributed by atoms with Crippen molar-refractivity contribution in [3.05, 3.63) is 60.2 Å². The number of rotatable bonds is 4. The summed E-state index contributed by atoms with van der Waals surface area (Å²) >= 11 is 0. The van der Waals surface area contributed by atoms with Crippen LogP contribution in [0.3, 0.4) is 0 Å². The number of hydrogen-bond donors (Lipinski definition) is 1. The van der Waals surface area contributed by atoms with Crippen molar-refractivity contribution < 1.29 is 9.21 Å². The SMILES string of the molecule is O=C(CCc1ccco1)N1CCC(c2cc3ccccc3[nH]2)CC1. The van der Waals surface area contributed by atoms with Crippen LogP contribution in [-0.4, -0.2) is 28.9 Å². The van der Waals surface area contributed by atoms with Gasteiger partial charge in [0.1, 0.15) is 5.76 Å². The average Bonchev–Trinajstić information content (AvgIpc) is 3.29. The molecule has 0 atom stereocenters. The Bertz CT molecular complexity index is 778. The van der Waals surface area contributed by atoms with Gasteiger partial charge in [0.15, 0.2) is 0 Å². The van der Waals surface area contributed by atoms with Gasteiger partial charge in [-0.15, -0.1) is 0 Å². The molecule has 24 heavy (non-hydrogen) atoms. The maximum absolute atomic E-state index is 12.4. The van der Waals surface area contributed by atoms with E-state index in [9.17, 15) is 4.79 Å². The molecule has 4 nitrogen and oxygen atoms in total. The number of carbonyl (C=O) groups excluding carboxylic acids is 1. The summed E-state index contributed by atoms with van der Waals surface area (Å²) in [4.78, 5) is 17.9. The van der Waals surface area contributed by atoms with E-state index < -0.39 is 0 Å². The van der Waals surface area contributed by atoms with E-state index >= 15 is 0 Å². The highest BCUT2D eigenvalue weighted by Crippen LogP contribution is 2.30. The van der Waals surface area contributed by atoms with Crippen molar-refractivity contribution in [1.82, 2.24) is 9.88 Å². The van der Waals surface area contributed by atoms with Gasteiger partial charge < -0.3 is 14.3 Å². The van der Waals surface area contributed by atoms with Crippen molar-refractivity contribution in [3.8, 4) is 0 Å². The summed E-state index contributed by atoms with van der Waals surface area (Å²) in [5, 5.41) is 1.27. The van der Waals surface area contributed by atoms with Gasteiger partial charge in [-0.2, -0.15) is 0 Å². The summed E-state index contributed by atoms with van der Waals surface area (Å²) in [7, 11) is 0. The Hall–Kier alpha value is -2.49. The second kappa shape index (κ2) is 6.56. The topological polar surface area (TPSA) is 49.2 Å². The number of aromatic amines is 1. The van der Waals surface area contributed by atoms with Crippen molar-refractivity contribution in [3.63, 3.8) is 0 Å². The summed E-state index contributed by atoms with van der Waals surface area (Å²) in [5.74, 6) is 1.64. The minimum absolute atomic E-state index is 0.237. The number of carbonyl (C=O) groups is 1. The molecule has 1 N–H and O–H groups in total. The number of likely N-dealkylation sites (tertiary alicyclic amines) is 1. The van der Waals surface area contributed by atoms with Gasteiger partial charge >= 0.3 is 0 Å². The lowest BCUT2D eigenvalue weighted by Gasteiger charge is -2.31. The molecule has 4 heteroatoms. The van der Waals surface area contributed by atoms with Crippen molar-refractivity contribution in [1.29, 1.82) is 0 Å². The van der Waals surface area contributed by atoms with Crippen LogP contribution in [0.4, 0.5) is 0 Å². The van der Waals surface area contributed by atoms with Crippen LogP contribution >= 0.6 is 0 Å². The molecule has 2 aromatic heterocycles. The Kier molecular flexibility index (Phi) is 4.11. The van der Waals surface area contributed by atoms with Crippen LogP contribution in [0.25, 0.3) is 10.9 Å². The van der Waals surface area contributed by atoms with E-state index in [4.69, 9.17) is 4.42 Å². The normalized spacial score (nSPS) is 15.9. The predicted octanol–water partition coefficient (Wildman–Crippen LogP) is 4.10. The van der Waals surface area contributed by atoms with Gasteiger partial charge in [-0.25, -0.2) is 0 Å². The number of H-pyrrole nitrogens is 1. The molecule has 0 bridgehead atoms. The zero-order valence-electron chi connectivity index (χ0n) is 13.7. The summed E-state index contributed by atoms with van der Waals surface area (Å²) in [6.45, 7) is 1.69. The van der Waals surface area contributed by atoms with E-state index in [0.717, 1.165) is 31.7 Å². The number of piperidine rings is 1. The molecule has 0 unspecified atom stereocenters. The maximum Gasteiger partial charge on any atom is 0.223 e. The summed E-state index contributed by atoms with van der Waals surface area (Å²) < 4.78 is 5.30. The second-order valence-corrected chi connectivity index (χ2v) is 6.55. The van der Waals surface area contributed by atoms with Crippen LogP contribution in [0.1, 0.15) is 36.6 Å². The number of furan rings is 1. The molecular formula is C20H22N2O2. The number of hydrogen-bond acceptors (Lipinski definition) is 2. The highest BCUT2D eigenvalue weighted by molar-refractivity contribution is 5.80. The minimum Gasteiger partial charge on any atom is -0.469 e. The van der Waals surface area contributed by atoms with Gasteiger partial charge in [-0.1, -0.05) is 18.2 Å². The third-order valence-corrected chi connectivity index (χ3v) is 5.00. The Labute approximate surface area is 141 Å². The van der Waals surface area contributed by atoms with Crippen LogP contribution in [0.15, 0.2) is 53.1 Å². The van der Waals surface area contributed by atoms with Gasteiger partial charge in [0.25, 0.3) is 0 Å². The molecule has 1 aliphatic heterocycles. The molecule has 3 heterocycles. The maximum atomic E-state index is 12.4. The third kappa shape index (κ3) is 3.09. The van der Waals surface area contributed by atoms with Crippen LogP contribution in [0.2, 0.25) is 0 Å². The largest absolute Gasteiger partial charge is 0.469 e. The molecular weight excluding hydrogens is 300 g/mol. The standard InChI is InChI=1S/C20H22N2O2/c23-20(8-7-17-5-3-13-24-17)22-11-9-15(10-12-22)19-14-16-4-1-2-6-18(16)21-19/h1-6,13-15,21H,7-12H2. The van der Waals surface area contributed by atoms with Crippen LogP contribution < -0.4 is 0 Å². The molecule has 1 aliphatic rings. The number of benzene rings is 1. The van der Waals surface area contributed by atoms with Crippen LogP contribution in [0, 0.1) is 0 Å². The van der Waals surface area contributed by atoms with Gasteiger partial charge in [0.2, 0.25) is 5.91 Å². The fourth-order valence-corrected chi connectivity index (χ4v) is 3.60. The number of para-hydroxylation sites is 1. The van der Waals surface area contributed by atoms with E-state index in [1.807, 2.05) is 17.0 Å². The third-order valence-electron chi connectivity index (χ3n) is 5.00. The van der Waals surface area contributed by atoms with Gasteiger partial charge in [0, 0.05) is 43.1 Å². The van der Waals surface area contributed by atoms with Crippen molar-refractivity contribution in [2.75, 3.05) is 13.1 Å². The number of fused-ring (bicyclic) bond motifs is 1.